The van der Waals surface area contributed by atoms with E-state index in [4.69, 9.17) is 0 Å². The summed E-state index contributed by atoms with van der Waals surface area (Å²) < 4.78 is 1.27. The summed E-state index contributed by atoms with van der Waals surface area (Å²) in [5, 5.41) is 12.7. The van der Waals surface area contributed by atoms with Gasteiger partial charge in [-0.25, -0.2) is 0 Å². The van der Waals surface area contributed by atoms with Crippen molar-refractivity contribution in [2.24, 2.45) is 5.92 Å². The van der Waals surface area contributed by atoms with Crippen LogP contribution in [0.1, 0.15) is 31.4 Å². The Morgan fingerprint density at radius 3 is 2.56 bits per heavy atom. The summed E-state index contributed by atoms with van der Waals surface area (Å²) >= 11 is 2.32. The molecule has 0 radical (unpaired) electrons. The van der Waals surface area contributed by atoms with Gasteiger partial charge in [0.2, 0.25) is 0 Å². The molecule has 1 unspecified atom stereocenters. The molecule has 0 saturated heterocycles. The molecule has 88 valence electrons. The van der Waals surface area contributed by atoms with Crippen LogP contribution in [0, 0.1) is 9.49 Å². The molecule has 1 aliphatic rings. The molecule has 2 nitrogen and oxygen atoms in total. The molecule has 1 fully saturated rings. The zero-order valence-electron chi connectivity index (χ0n) is 9.49. The van der Waals surface area contributed by atoms with Gasteiger partial charge in [0, 0.05) is 9.61 Å². The largest absolute Gasteiger partial charge is 0.393 e. The normalized spacial score (nSPS) is 26.2. The van der Waals surface area contributed by atoms with Crippen LogP contribution in [0.25, 0.3) is 0 Å². The van der Waals surface area contributed by atoms with Gasteiger partial charge in [0.25, 0.3) is 0 Å². The number of nitrogens with one attached hydrogen (secondary N) is 1. The Morgan fingerprint density at radius 2 is 2.00 bits per heavy atom. The zero-order valence-corrected chi connectivity index (χ0v) is 11.6. The first-order valence-electron chi connectivity index (χ1n) is 5.82. The minimum atomic E-state index is -0.0413. The molecule has 0 bridgehead atoms. The first-order valence-corrected chi connectivity index (χ1v) is 6.90. The highest BCUT2D eigenvalue weighted by Gasteiger charge is 2.26. The van der Waals surface area contributed by atoms with Gasteiger partial charge in [-0.2, -0.15) is 0 Å². The van der Waals surface area contributed by atoms with E-state index in [-0.39, 0.29) is 6.10 Å². The van der Waals surface area contributed by atoms with Gasteiger partial charge < -0.3 is 10.4 Å². The highest BCUT2D eigenvalue weighted by Crippen LogP contribution is 2.27. The maximum atomic E-state index is 9.20. The second-order valence-corrected chi connectivity index (χ2v) is 5.92. The summed E-state index contributed by atoms with van der Waals surface area (Å²) in [5.74, 6) is 0.668. The van der Waals surface area contributed by atoms with E-state index in [9.17, 15) is 5.11 Å². The van der Waals surface area contributed by atoms with E-state index in [1.807, 2.05) is 0 Å². The molecule has 1 aliphatic carbocycles. The van der Waals surface area contributed by atoms with E-state index >= 15 is 0 Å². The Hall–Kier alpha value is -0.130. The topological polar surface area (TPSA) is 32.3 Å². The second kappa shape index (κ2) is 5.47. The zero-order chi connectivity index (χ0) is 11.5. The van der Waals surface area contributed by atoms with Gasteiger partial charge >= 0.3 is 0 Å². The molecule has 0 aliphatic heterocycles. The van der Waals surface area contributed by atoms with Crippen LogP contribution in [0.2, 0.25) is 0 Å². The number of halogens is 1. The molecule has 1 saturated carbocycles. The molecule has 2 N–H and O–H groups in total. The fraction of sp³-hybridized carbons (Fsp3) is 0.538. The van der Waals surface area contributed by atoms with Crippen molar-refractivity contribution < 1.29 is 5.11 Å². The first kappa shape index (κ1) is 12.3. The maximum Gasteiger partial charge on any atom is 0.0546 e. The van der Waals surface area contributed by atoms with Crippen LogP contribution in [-0.2, 0) is 0 Å². The summed E-state index contributed by atoms with van der Waals surface area (Å²) in [4.78, 5) is 0. The Balaban J connectivity index is 1.79. The minimum Gasteiger partial charge on any atom is -0.393 e. The van der Waals surface area contributed by atoms with Gasteiger partial charge in [0.15, 0.2) is 0 Å². The van der Waals surface area contributed by atoms with Crippen molar-refractivity contribution in [1.82, 2.24) is 5.32 Å². The summed E-state index contributed by atoms with van der Waals surface area (Å²) in [6.45, 7) is 3.21. The van der Waals surface area contributed by atoms with Crippen LogP contribution in [0.5, 0.6) is 0 Å². The van der Waals surface area contributed by atoms with Gasteiger partial charge in [-0.1, -0.05) is 12.1 Å². The molecule has 16 heavy (non-hydrogen) atoms. The average Bonchev–Trinajstić information content (AvgIpc) is 2.23. The van der Waals surface area contributed by atoms with Crippen molar-refractivity contribution in [2.45, 2.75) is 31.9 Å². The number of hydrogen-bond donors (Lipinski definition) is 2. The molecule has 0 amide bonds. The molecule has 0 aromatic heterocycles. The maximum absolute atomic E-state index is 9.20. The third-order valence-corrected chi connectivity index (χ3v) is 4.01. The lowest BCUT2D eigenvalue weighted by Crippen LogP contribution is -2.36. The van der Waals surface area contributed by atoms with Crippen LogP contribution in [0.4, 0.5) is 0 Å². The lowest BCUT2D eigenvalue weighted by molar-refractivity contribution is 0.0420. The molecule has 3 heteroatoms. The third kappa shape index (κ3) is 3.18. The Morgan fingerprint density at radius 1 is 1.38 bits per heavy atom. The third-order valence-electron chi connectivity index (χ3n) is 3.29. The van der Waals surface area contributed by atoms with E-state index in [2.05, 4.69) is 59.1 Å². The average molecular weight is 331 g/mol. The van der Waals surface area contributed by atoms with Crippen molar-refractivity contribution in [3.8, 4) is 0 Å². The van der Waals surface area contributed by atoms with Crippen LogP contribution in [0.3, 0.4) is 0 Å². The fourth-order valence-corrected chi connectivity index (χ4v) is 2.44. The molecular weight excluding hydrogens is 313 g/mol. The van der Waals surface area contributed by atoms with Crippen molar-refractivity contribution in [3.63, 3.8) is 0 Å². The lowest BCUT2D eigenvalue weighted by atomic mass is 9.82. The Labute approximate surface area is 111 Å². The first-order chi connectivity index (χ1) is 7.65. The van der Waals surface area contributed by atoms with Gasteiger partial charge in [-0.3, -0.25) is 0 Å². The van der Waals surface area contributed by atoms with Gasteiger partial charge in [-0.05, 0) is 72.5 Å². The molecular formula is C13H18INO. The molecule has 1 atom stereocenters. The number of aliphatic hydroxyl groups excluding tert-OH is 1. The highest BCUT2D eigenvalue weighted by atomic mass is 127. The fourth-order valence-electron chi connectivity index (χ4n) is 2.08. The predicted octanol–water partition coefficient (Wildman–Crippen LogP) is 2.71. The number of benzene rings is 1. The standard InChI is InChI=1S/C13H18INO/c1-9(11-2-4-12(14)5-3-11)15-8-10-6-13(16)7-10/h2-5,9-10,13,15-16H,6-8H2,1H3. The van der Waals surface area contributed by atoms with Crippen molar-refractivity contribution in [2.75, 3.05) is 6.54 Å². The number of hydrogen-bond acceptors (Lipinski definition) is 2. The summed E-state index contributed by atoms with van der Waals surface area (Å²) in [6, 6.07) is 9.03. The van der Waals surface area contributed by atoms with E-state index in [1.165, 1.54) is 9.13 Å². The molecule has 0 heterocycles. The lowest BCUT2D eigenvalue weighted by Gasteiger charge is -2.32. The van der Waals surface area contributed by atoms with Gasteiger partial charge in [-0.15, -0.1) is 0 Å². The van der Waals surface area contributed by atoms with Crippen molar-refractivity contribution >= 4 is 22.6 Å². The summed E-state index contributed by atoms with van der Waals surface area (Å²) in [7, 11) is 0. The Kier molecular flexibility index (Phi) is 4.21. The van der Waals surface area contributed by atoms with Crippen LogP contribution < -0.4 is 5.32 Å². The van der Waals surface area contributed by atoms with Crippen LogP contribution >= 0.6 is 22.6 Å². The molecule has 0 spiro atoms. The van der Waals surface area contributed by atoms with Crippen LogP contribution in [-0.4, -0.2) is 17.8 Å². The van der Waals surface area contributed by atoms with Gasteiger partial charge in [0.1, 0.15) is 0 Å². The van der Waals surface area contributed by atoms with E-state index < -0.39 is 0 Å². The molecule has 1 aromatic carbocycles. The second-order valence-electron chi connectivity index (χ2n) is 4.67. The SMILES string of the molecule is CC(NCC1CC(O)C1)c1ccc(I)cc1. The predicted molar refractivity (Wildman–Crippen MR) is 74.3 cm³/mol. The highest BCUT2D eigenvalue weighted by molar-refractivity contribution is 14.1. The number of aliphatic hydroxyl groups is 1. The monoisotopic (exact) mass is 331 g/mol. The van der Waals surface area contributed by atoms with Crippen molar-refractivity contribution in [3.05, 3.63) is 33.4 Å². The van der Waals surface area contributed by atoms with E-state index in [0.717, 1.165) is 19.4 Å². The Bertz CT molecular complexity index is 332. The van der Waals surface area contributed by atoms with Crippen LogP contribution in [0.15, 0.2) is 24.3 Å². The quantitative estimate of drug-likeness (QED) is 0.832. The summed E-state index contributed by atoms with van der Waals surface area (Å²) in [6.07, 6.45) is 1.89. The molecule has 2 rings (SSSR count). The van der Waals surface area contributed by atoms with Crippen molar-refractivity contribution in [1.29, 1.82) is 0 Å². The van der Waals surface area contributed by atoms with E-state index in [0.29, 0.717) is 12.0 Å². The summed E-state index contributed by atoms with van der Waals surface area (Å²) in [5.41, 5.74) is 1.33. The van der Waals surface area contributed by atoms with E-state index in [1.54, 1.807) is 0 Å². The smallest absolute Gasteiger partial charge is 0.0546 e. The minimum absolute atomic E-state index is 0.0413. The molecule has 1 aromatic rings. The van der Waals surface area contributed by atoms with Gasteiger partial charge in [0.05, 0.1) is 6.10 Å². The number of rotatable bonds is 4.